The van der Waals surface area contributed by atoms with Crippen molar-refractivity contribution in [3.05, 3.63) is 0 Å². The maximum absolute atomic E-state index is 12.0. The Kier molecular flexibility index (Phi) is 14.0. The van der Waals surface area contributed by atoms with Crippen molar-refractivity contribution in [2.24, 2.45) is 0 Å². The molecule has 8 heteroatoms. The molecule has 1 heterocycles. The molecule has 0 amide bonds. The van der Waals surface area contributed by atoms with Crippen LogP contribution in [0.15, 0.2) is 0 Å². The van der Waals surface area contributed by atoms with Crippen LogP contribution in [0.2, 0.25) is 0 Å². The van der Waals surface area contributed by atoms with Gasteiger partial charge in [0.2, 0.25) is 0 Å². The van der Waals surface area contributed by atoms with Gasteiger partial charge >= 0.3 is 11.9 Å². The van der Waals surface area contributed by atoms with Gasteiger partial charge in [-0.05, 0) is 12.8 Å². The lowest BCUT2D eigenvalue weighted by molar-refractivity contribution is -0.160. The number of hydrogen-bond donors (Lipinski definition) is 0. The van der Waals surface area contributed by atoms with Crippen molar-refractivity contribution in [2.75, 3.05) is 24.7 Å². The molecule has 1 atom stereocenters. The second kappa shape index (κ2) is 15.1. The average molecular weight is 411 g/mol. The first-order valence-corrected chi connectivity index (χ1v) is 13.6. The van der Waals surface area contributed by atoms with Crippen molar-refractivity contribution in [3.63, 3.8) is 0 Å². The highest BCUT2D eigenvalue weighted by Crippen LogP contribution is 2.66. The van der Waals surface area contributed by atoms with E-state index < -0.39 is 12.7 Å². The summed E-state index contributed by atoms with van der Waals surface area (Å²) in [4.78, 5) is 23.7. The minimum Gasteiger partial charge on any atom is -0.462 e. The fourth-order valence-corrected chi connectivity index (χ4v) is 8.83. The Bertz CT molecular complexity index is 378. The van der Waals surface area contributed by atoms with Crippen LogP contribution in [-0.2, 0) is 23.6 Å². The van der Waals surface area contributed by atoms with Gasteiger partial charge in [-0.1, -0.05) is 62.3 Å². The molecule has 0 aromatic carbocycles. The normalized spacial score (nSPS) is 15.9. The molecule has 0 radical (unpaired) electrons. The number of unbranched alkanes of at least 4 members (excludes halogenated alkanes) is 4. The third kappa shape index (κ3) is 12.1. The maximum Gasteiger partial charge on any atom is 0.306 e. The zero-order valence-electron chi connectivity index (χ0n) is 15.4. The van der Waals surface area contributed by atoms with Crippen LogP contribution in [0.5, 0.6) is 0 Å². The predicted octanol–water partition coefficient (Wildman–Crippen LogP) is 5.33. The summed E-state index contributed by atoms with van der Waals surface area (Å²) in [7, 11) is 0. The molecule has 1 aliphatic rings. The molecule has 1 fully saturated rings. The van der Waals surface area contributed by atoms with Gasteiger partial charge in [0.05, 0.1) is 6.61 Å². The van der Waals surface area contributed by atoms with Crippen LogP contribution in [0.3, 0.4) is 0 Å². The lowest BCUT2D eigenvalue weighted by Crippen LogP contribution is -2.29. The second-order valence-corrected chi connectivity index (χ2v) is 12.2. The molecule has 1 saturated heterocycles. The fourth-order valence-electron chi connectivity index (χ4n) is 2.14. The molecular weight excluding hydrogens is 379 g/mol. The van der Waals surface area contributed by atoms with E-state index in [2.05, 4.69) is 13.8 Å². The molecule has 0 aliphatic carbocycles. The number of hydrogen-bond acceptors (Lipinski definition) is 7. The van der Waals surface area contributed by atoms with Crippen LogP contribution < -0.4 is 0 Å². The van der Waals surface area contributed by atoms with E-state index in [-0.39, 0.29) is 18.5 Å². The minimum atomic E-state index is -0.552. The highest BCUT2D eigenvalue weighted by atomic mass is 33.1. The molecule has 0 aromatic rings. The largest absolute Gasteiger partial charge is 0.462 e. The first kappa shape index (κ1) is 23.1. The number of carbonyl (C=O) groups excluding carboxylic acids is 2. The molecule has 146 valence electrons. The summed E-state index contributed by atoms with van der Waals surface area (Å²) in [6, 6.07) is 0. The predicted molar refractivity (Wildman–Crippen MR) is 107 cm³/mol. The summed E-state index contributed by atoms with van der Waals surface area (Å²) in [5, 5.41) is 0. The Hall–Kier alpha value is 0.0300. The van der Waals surface area contributed by atoms with Gasteiger partial charge in [-0.3, -0.25) is 9.59 Å². The molecule has 0 unspecified atom stereocenters. The van der Waals surface area contributed by atoms with Crippen LogP contribution in [-0.4, -0.2) is 42.8 Å². The molecule has 0 bridgehead atoms. The first-order chi connectivity index (χ1) is 12.2. The molecule has 0 spiro atoms. The molecule has 0 aromatic heterocycles. The summed E-state index contributed by atoms with van der Waals surface area (Å²) >= 11 is 3.63. The average Bonchev–Trinajstić information content (AvgIpc) is 3.11. The van der Waals surface area contributed by atoms with E-state index in [1.54, 1.807) is 0 Å². The summed E-state index contributed by atoms with van der Waals surface area (Å²) in [5.74, 6) is 1.74. The van der Waals surface area contributed by atoms with Gasteiger partial charge in [0.25, 0.3) is 0 Å². The SMILES string of the molecule is CCCCCC(=O)OC[C@H](COP1SCCS1)OC(=O)CCCCC. The number of esters is 2. The van der Waals surface area contributed by atoms with Gasteiger partial charge < -0.3 is 14.0 Å². The molecule has 25 heavy (non-hydrogen) atoms. The van der Waals surface area contributed by atoms with E-state index in [1.807, 2.05) is 22.8 Å². The summed E-state index contributed by atoms with van der Waals surface area (Å²) in [6.45, 7) is 4.02. The standard InChI is InChI=1S/C17H31O5PS2/c1-3-5-7-9-16(18)20-13-15(14-21-23-24-11-12-25-23)22-17(19)10-8-6-4-2/h15H,3-14H2,1-2H3/t15-/m1/s1. The molecule has 1 aliphatic heterocycles. The van der Waals surface area contributed by atoms with E-state index in [4.69, 9.17) is 14.0 Å². The number of carbonyl (C=O) groups is 2. The Labute approximate surface area is 161 Å². The summed E-state index contributed by atoms with van der Waals surface area (Å²) < 4.78 is 16.6. The highest BCUT2D eigenvalue weighted by Gasteiger charge is 2.23. The van der Waals surface area contributed by atoms with Crippen LogP contribution in [0.1, 0.15) is 65.2 Å². The molecule has 0 N–H and O–H groups in total. The van der Waals surface area contributed by atoms with Gasteiger partial charge in [0, 0.05) is 24.3 Å². The van der Waals surface area contributed by atoms with Gasteiger partial charge in [-0.15, -0.1) is 0 Å². The van der Waals surface area contributed by atoms with E-state index >= 15 is 0 Å². The van der Waals surface area contributed by atoms with Crippen molar-refractivity contribution in [1.82, 2.24) is 0 Å². The van der Waals surface area contributed by atoms with Gasteiger partial charge in [-0.25, -0.2) is 0 Å². The monoisotopic (exact) mass is 410 g/mol. The molecular formula is C17H31O5PS2. The van der Waals surface area contributed by atoms with Crippen molar-refractivity contribution < 1.29 is 23.6 Å². The molecule has 5 nitrogen and oxygen atoms in total. The first-order valence-electron chi connectivity index (χ1n) is 9.19. The van der Waals surface area contributed by atoms with Crippen LogP contribution >= 0.6 is 29.3 Å². The van der Waals surface area contributed by atoms with Gasteiger partial charge in [0.1, 0.15) is 6.61 Å². The van der Waals surface area contributed by atoms with E-state index in [1.165, 1.54) is 0 Å². The van der Waals surface area contributed by atoms with Gasteiger partial charge in [-0.2, -0.15) is 0 Å². The van der Waals surface area contributed by atoms with E-state index in [9.17, 15) is 9.59 Å². The third-order valence-electron chi connectivity index (χ3n) is 3.54. The van der Waals surface area contributed by atoms with Crippen LogP contribution in [0.25, 0.3) is 0 Å². The number of rotatable bonds is 14. The Balaban J connectivity index is 2.34. The van der Waals surface area contributed by atoms with E-state index in [0.717, 1.165) is 50.0 Å². The zero-order valence-corrected chi connectivity index (χ0v) is 17.9. The lowest BCUT2D eigenvalue weighted by atomic mass is 10.2. The highest BCUT2D eigenvalue weighted by molar-refractivity contribution is 8.88. The van der Waals surface area contributed by atoms with E-state index in [0.29, 0.717) is 19.4 Å². The zero-order chi connectivity index (χ0) is 18.3. The summed E-state index contributed by atoms with van der Waals surface area (Å²) in [6.07, 6.45) is 6.16. The minimum absolute atomic E-state index is 0.0863. The smallest absolute Gasteiger partial charge is 0.306 e. The van der Waals surface area contributed by atoms with Crippen molar-refractivity contribution in [3.8, 4) is 0 Å². The molecule has 0 saturated carbocycles. The number of ether oxygens (including phenoxy) is 2. The lowest BCUT2D eigenvalue weighted by Gasteiger charge is -2.19. The van der Waals surface area contributed by atoms with Gasteiger partial charge in [0.15, 0.2) is 12.7 Å². The second-order valence-electron chi connectivity index (χ2n) is 5.89. The van der Waals surface area contributed by atoms with Crippen molar-refractivity contribution in [2.45, 2.75) is 71.3 Å². The van der Waals surface area contributed by atoms with Crippen LogP contribution in [0, 0.1) is 0 Å². The Morgan fingerprint density at radius 1 is 0.920 bits per heavy atom. The van der Waals surface area contributed by atoms with Crippen molar-refractivity contribution in [1.29, 1.82) is 0 Å². The maximum atomic E-state index is 12.0. The summed E-state index contributed by atoms with van der Waals surface area (Å²) in [5.41, 5.74) is 0. The Morgan fingerprint density at radius 3 is 2.12 bits per heavy atom. The van der Waals surface area contributed by atoms with Crippen LogP contribution in [0.4, 0.5) is 0 Å². The quantitative estimate of drug-likeness (QED) is 0.218. The fraction of sp³-hybridized carbons (Fsp3) is 0.882. The third-order valence-corrected chi connectivity index (χ3v) is 10.2. The van der Waals surface area contributed by atoms with Crippen molar-refractivity contribution >= 4 is 41.3 Å². The Morgan fingerprint density at radius 2 is 1.52 bits per heavy atom. The topological polar surface area (TPSA) is 61.8 Å². The molecule has 1 rings (SSSR count).